The van der Waals surface area contributed by atoms with Gasteiger partial charge in [-0.3, -0.25) is 0 Å². The van der Waals surface area contributed by atoms with Crippen molar-refractivity contribution in [1.29, 1.82) is 0 Å². The number of anilines is 2. The fourth-order valence-corrected chi connectivity index (χ4v) is 6.11. The van der Waals surface area contributed by atoms with Gasteiger partial charge in [-0.1, -0.05) is 49.6 Å². The number of hydrogen-bond donors (Lipinski definition) is 2. The fourth-order valence-electron chi connectivity index (χ4n) is 5.46. The molecule has 0 bridgehead atoms. The number of methoxy groups -OCH3 is 2. The number of carbonyl (C=O) groups is 1. The molecule has 1 atom stereocenters. The lowest BCUT2D eigenvalue weighted by Crippen LogP contribution is -2.35. The van der Waals surface area contributed by atoms with Crippen molar-refractivity contribution in [3.8, 4) is 33.8 Å². The summed E-state index contributed by atoms with van der Waals surface area (Å²) in [6.45, 7) is 0. The van der Waals surface area contributed by atoms with Crippen molar-refractivity contribution in [2.45, 2.75) is 50.6 Å². The standard InChI is InChI=1S/C32H36N4O4S/c1-36(24-8-5-4-6-9-24)32-33-19-25(23-16-17-41-20-23)30(35-32)34-26(31(37)38)18-21-12-14-22(15-13-21)29-27(39-2)10-7-11-28(29)40-3/h7,10-17,19-20,24,26H,4-6,8-9,18H2,1-3H3,(H,37,38)(H,33,34,35)/t26-/m0/s1. The molecule has 2 aromatic carbocycles. The quantitative estimate of drug-likeness (QED) is 0.203. The molecule has 1 aliphatic carbocycles. The molecule has 214 valence electrons. The molecule has 0 saturated heterocycles. The Kier molecular flexibility index (Phi) is 9.04. The second kappa shape index (κ2) is 13.0. The molecule has 2 aromatic heterocycles. The van der Waals surface area contributed by atoms with Gasteiger partial charge < -0.3 is 24.8 Å². The molecule has 0 aliphatic heterocycles. The molecule has 1 fully saturated rings. The first-order chi connectivity index (χ1) is 20.0. The number of aliphatic carboxylic acids is 1. The zero-order valence-corrected chi connectivity index (χ0v) is 24.5. The molecule has 0 spiro atoms. The number of aromatic nitrogens is 2. The van der Waals surface area contributed by atoms with Crippen LogP contribution in [0.15, 0.2) is 65.5 Å². The van der Waals surface area contributed by atoms with E-state index in [1.807, 2.05) is 66.3 Å². The average Bonchev–Trinajstić information content (AvgIpc) is 3.55. The van der Waals surface area contributed by atoms with Crippen LogP contribution in [0.1, 0.15) is 37.7 Å². The number of nitrogens with zero attached hydrogens (tertiary/aromatic N) is 3. The van der Waals surface area contributed by atoms with Gasteiger partial charge in [0.15, 0.2) is 0 Å². The first-order valence-corrected chi connectivity index (χ1v) is 14.8. The van der Waals surface area contributed by atoms with Crippen LogP contribution >= 0.6 is 11.3 Å². The largest absolute Gasteiger partial charge is 0.496 e. The summed E-state index contributed by atoms with van der Waals surface area (Å²) in [5, 5.41) is 17.5. The van der Waals surface area contributed by atoms with Gasteiger partial charge in [-0.25, -0.2) is 9.78 Å². The summed E-state index contributed by atoms with van der Waals surface area (Å²) in [5.74, 6) is 1.61. The molecule has 8 nitrogen and oxygen atoms in total. The average molecular weight is 573 g/mol. The van der Waals surface area contributed by atoms with Gasteiger partial charge in [0.25, 0.3) is 0 Å². The molecule has 2 N–H and O–H groups in total. The van der Waals surface area contributed by atoms with E-state index in [0.29, 0.717) is 29.3 Å². The number of benzene rings is 2. The van der Waals surface area contributed by atoms with Crippen molar-refractivity contribution in [3.63, 3.8) is 0 Å². The third kappa shape index (κ3) is 6.46. The Morgan fingerprint density at radius 2 is 1.76 bits per heavy atom. The zero-order valence-electron chi connectivity index (χ0n) is 23.7. The highest BCUT2D eigenvalue weighted by Gasteiger charge is 2.24. The Hall–Kier alpha value is -4.11. The SMILES string of the molecule is COc1cccc(OC)c1-c1ccc(C[C@H](Nc2nc(N(C)C3CCCCC3)ncc2-c2ccsc2)C(=O)O)cc1. The third-order valence-corrected chi connectivity index (χ3v) is 8.45. The van der Waals surface area contributed by atoms with Crippen molar-refractivity contribution in [3.05, 3.63) is 71.1 Å². The van der Waals surface area contributed by atoms with Crippen molar-refractivity contribution in [2.24, 2.45) is 0 Å². The van der Waals surface area contributed by atoms with Crippen LogP contribution in [0.2, 0.25) is 0 Å². The van der Waals surface area contributed by atoms with Gasteiger partial charge in [0.1, 0.15) is 23.4 Å². The number of carboxylic acids is 1. The Morgan fingerprint density at radius 1 is 1.05 bits per heavy atom. The van der Waals surface area contributed by atoms with E-state index in [1.165, 1.54) is 19.3 Å². The van der Waals surface area contributed by atoms with Gasteiger partial charge in [0, 0.05) is 31.3 Å². The molecule has 0 unspecified atom stereocenters. The first-order valence-electron chi connectivity index (χ1n) is 13.9. The monoisotopic (exact) mass is 572 g/mol. The van der Waals surface area contributed by atoms with Crippen molar-refractivity contribution in [2.75, 3.05) is 31.5 Å². The maximum atomic E-state index is 12.5. The Morgan fingerprint density at radius 3 is 2.37 bits per heavy atom. The van der Waals surface area contributed by atoms with Crippen molar-refractivity contribution in [1.82, 2.24) is 9.97 Å². The number of thiophene rings is 1. The van der Waals surface area contributed by atoms with Crippen LogP contribution in [-0.2, 0) is 11.2 Å². The maximum absolute atomic E-state index is 12.5. The third-order valence-electron chi connectivity index (χ3n) is 7.77. The summed E-state index contributed by atoms with van der Waals surface area (Å²) in [5.41, 5.74) is 4.41. The molecular formula is C32H36N4O4S. The van der Waals surface area contributed by atoms with Gasteiger partial charge in [-0.15, -0.1) is 0 Å². The Bertz CT molecular complexity index is 1430. The lowest BCUT2D eigenvalue weighted by molar-refractivity contribution is -0.137. The molecule has 4 aromatic rings. The topological polar surface area (TPSA) is 96.8 Å². The first kappa shape index (κ1) is 28.4. The van der Waals surface area contributed by atoms with Crippen LogP contribution in [0.5, 0.6) is 11.5 Å². The number of rotatable bonds is 11. The van der Waals surface area contributed by atoms with Gasteiger partial charge in [-0.2, -0.15) is 16.3 Å². The molecular weight excluding hydrogens is 536 g/mol. The van der Waals surface area contributed by atoms with Crippen molar-refractivity contribution < 1.29 is 19.4 Å². The highest BCUT2D eigenvalue weighted by atomic mass is 32.1. The Labute approximate surface area is 245 Å². The number of carboxylic acid groups (broad SMARTS) is 1. The van der Waals surface area contributed by atoms with Crippen LogP contribution in [0.3, 0.4) is 0 Å². The zero-order chi connectivity index (χ0) is 28.8. The molecule has 41 heavy (non-hydrogen) atoms. The molecule has 1 aliphatic rings. The summed E-state index contributed by atoms with van der Waals surface area (Å²) in [4.78, 5) is 24.2. The van der Waals surface area contributed by atoms with E-state index < -0.39 is 12.0 Å². The van der Waals surface area contributed by atoms with Gasteiger partial charge in [-0.05, 0) is 58.5 Å². The van der Waals surface area contributed by atoms with Crippen LogP contribution in [0.25, 0.3) is 22.3 Å². The second-order valence-corrected chi connectivity index (χ2v) is 11.1. The van der Waals surface area contributed by atoms with E-state index in [9.17, 15) is 9.90 Å². The summed E-state index contributed by atoms with van der Waals surface area (Å²) in [6, 6.07) is 15.0. The summed E-state index contributed by atoms with van der Waals surface area (Å²) in [6.07, 6.45) is 7.99. The normalized spacial score (nSPS) is 14.3. The Balaban J connectivity index is 1.41. The summed E-state index contributed by atoms with van der Waals surface area (Å²) < 4.78 is 11.1. The molecule has 5 rings (SSSR count). The fraction of sp³-hybridized carbons (Fsp3) is 0.344. The minimum absolute atomic E-state index is 0.277. The van der Waals surface area contributed by atoms with E-state index in [0.717, 1.165) is 40.7 Å². The van der Waals surface area contributed by atoms with Crippen LogP contribution in [-0.4, -0.2) is 54.4 Å². The summed E-state index contributed by atoms with van der Waals surface area (Å²) >= 11 is 1.58. The minimum atomic E-state index is -0.947. The van der Waals surface area contributed by atoms with E-state index in [-0.39, 0.29) is 6.42 Å². The molecule has 1 saturated carbocycles. The predicted octanol–water partition coefficient (Wildman–Crippen LogP) is 6.77. The smallest absolute Gasteiger partial charge is 0.326 e. The van der Waals surface area contributed by atoms with Gasteiger partial charge in [0.2, 0.25) is 5.95 Å². The van der Waals surface area contributed by atoms with Gasteiger partial charge >= 0.3 is 5.97 Å². The van der Waals surface area contributed by atoms with E-state index in [4.69, 9.17) is 14.5 Å². The number of hydrogen-bond acceptors (Lipinski definition) is 8. The number of nitrogens with one attached hydrogen (secondary N) is 1. The molecule has 2 heterocycles. The lowest BCUT2D eigenvalue weighted by Gasteiger charge is -2.31. The van der Waals surface area contributed by atoms with E-state index >= 15 is 0 Å². The van der Waals surface area contributed by atoms with Crippen LogP contribution in [0, 0.1) is 0 Å². The van der Waals surface area contributed by atoms with Crippen LogP contribution < -0.4 is 19.7 Å². The highest BCUT2D eigenvalue weighted by molar-refractivity contribution is 7.08. The summed E-state index contributed by atoms with van der Waals surface area (Å²) in [7, 11) is 5.30. The lowest BCUT2D eigenvalue weighted by atomic mass is 9.95. The van der Waals surface area contributed by atoms with Crippen molar-refractivity contribution >= 4 is 29.1 Å². The highest BCUT2D eigenvalue weighted by Crippen LogP contribution is 2.38. The van der Waals surface area contributed by atoms with Gasteiger partial charge in [0.05, 0.1) is 19.8 Å². The minimum Gasteiger partial charge on any atom is -0.496 e. The molecule has 0 radical (unpaired) electrons. The predicted molar refractivity (Wildman–Crippen MR) is 164 cm³/mol. The molecule has 0 amide bonds. The molecule has 9 heteroatoms. The van der Waals surface area contributed by atoms with E-state index in [1.54, 1.807) is 31.8 Å². The van der Waals surface area contributed by atoms with Crippen LogP contribution in [0.4, 0.5) is 11.8 Å². The number of ether oxygens (including phenoxy) is 2. The second-order valence-electron chi connectivity index (χ2n) is 10.3. The maximum Gasteiger partial charge on any atom is 0.326 e. The van der Waals surface area contributed by atoms with E-state index in [2.05, 4.69) is 15.2 Å².